The predicted octanol–water partition coefficient (Wildman–Crippen LogP) is 0.246. The summed E-state index contributed by atoms with van der Waals surface area (Å²) in [7, 11) is 1.92. The summed E-state index contributed by atoms with van der Waals surface area (Å²) in [4.78, 5) is 16.1. The van der Waals surface area contributed by atoms with Crippen LogP contribution < -0.4 is 5.32 Å². The molecule has 1 saturated heterocycles. The third kappa shape index (κ3) is 4.48. The van der Waals surface area contributed by atoms with E-state index in [-0.39, 0.29) is 5.91 Å². The SMILES string of the molecule is CN(C(=O)CNCCN1CCSCC1)C1CC1. The topological polar surface area (TPSA) is 35.6 Å². The first-order chi connectivity index (χ1) is 8.27. The lowest BCUT2D eigenvalue weighted by Crippen LogP contribution is -2.41. The molecule has 0 aromatic rings. The second-order valence-corrected chi connectivity index (χ2v) is 6.09. The van der Waals surface area contributed by atoms with Gasteiger partial charge in [0, 0.05) is 50.8 Å². The minimum absolute atomic E-state index is 0.238. The van der Waals surface area contributed by atoms with Gasteiger partial charge in [-0.25, -0.2) is 0 Å². The molecule has 2 aliphatic rings. The van der Waals surface area contributed by atoms with E-state index >= 15 is 0 Å². The largest absolute Gasteiger partial charge is 0.342 e. The number of hydrogen-bond donors (Lipinski definition) is 1. The van der Waals surface area contributed by atoms with Crippen molar-refractivity contribution in [3.63, 3.8) is 0 Å². The van der Waals surface area contributed by atoms with Gasteiger partial charge in [0.2, 0.25) is 5.91 Å². The van der Waals surface area contributed by atoms with E-state index in [0.29, 0.717) is 12.6 Å². The summed E-state index contributed by atoms with van der Waals surface area (Å²) in [5.41, 5.74) is 0. The van der Waals surface area contributed by atoms with Gasteiger partial charge in [0.25, 0.3) is 0 Å². The molecule has 17 heavy (non-hydrogen) atoms. The zero-order valence-corrected chi connectivity index (χ0v) is 11.5. The molecular formula is C12H23N3OS. The highest BCUT2D eigenvalue weighted by atomic mass is 32.2. The molecular weight excluding hydrogens is 234 g/mol. The quantitative estimate of drug-likeness (QED) is 0.692. The normalized spacial score (nSPS) is 21.5. The van der Waals surface area contributed by atoms with Gasteiger partial charge >= 0.3 is 0 Å². The van der Waals surface area contributed by atoms with Crippen molar-refractivity contribution >= 4 is 17.7 Å². The Hall–Kier alpha value is -0.260. The summed E-state index contributed by atoms with van der Waals surface area (Å²) in [5.74, 6) is 2.74. The monoisotopic (exact) mass is 257 g/mol. The molecule has 98 valence electrons. The van der Waals surface area contributed by atoms with Crippen molar-refractivity contribution < 1.29 is 4.79 Å². The molecule has 0 aromatic heterocycles. The van der Waals surface area contributed by atoms with E-state index in [4.69, 9.17) is 0 Å². The third-order valence-electron chi connectivity index (χ3n) is 3.47. The second kappa shape index (κ2) is 6.61. The average molecular weight is 257 g/mol. The minimum atomic E-state index is 0.238. The third-order valence-corrected chi connectivity index (χ3v) is 4.42. The number of carbonyl (C=O) groups is 1. The Kier molecular flexibility index (Phi) is 5.13. The van der Waals surface area contributed by atoms with Crippen molar-refractivity contribution in [2.75, 3.05) is 51.3 Å². The van der Waals surface area contributed by atoms with Crippen LogP contribution in [0, 0.1) is 0 Å². The zero-order valence-electron chi connectivity index (χ0n) is 10.7. The Bertz CT molecular complexity index is 252. The number of carbonyl (C=O) groups excluding carboxylic acids is 1. The van der Waals surface area contributed by atoms with Crippen molar-refractivity contribution in [1.82, 2.24) is 15.1 Å². The highest BCUT2D eigenvalue weighted by Gasteiger charge is 2.28. The van der Waals surface area contributed by atoms with Crippen molar-refractivity contribution in [2.45, 2.75) is 18.9 Å². The number of likely N-dealkylation sites (N-methyl/N-ethyl adjacent to an activating group) is 1. The second-order valence-electron chi connectivity index (χ2n) is 4.87. The molecule has 0 unspecified atom stereocenters. The lowest BCUT2D eigenvalue weighted by Gasteiger charge is -2.26. The summed E-state index contributed by atoms with van der Waals surface area (Å²) in [5, 5.41) is 3.26. The molecule has 1 amide bonds. The lowest BCUT2D eigenvalue weighted by atomic mass is 10.4. The molecule has 1 aliphatic carbocycles. The van der Waals surface area contributed by atoms with Crippen molar-refractivity contribution in [3.05, 3.63) is 0 Å². The van der Waals surface area contributed by atoms with Crippen LogP contribution in [-0.2, 0) is 4.79 Å². The number of thioether (sulfide) groups is 1. The Morgan fingerprint density at radius 2 is 2.12 bits per heavy atom. The van der Waals surface area contributed by atoms with Gasteiger partial charge in [-0.1, -0.05) is 0 Å². The smallest absolute Gasteiger partial charge is 0.236 e. The van der Waals surface area contributed by atoms with Crippen LogP contribution in [0.2, 0.25) is 0 Å². The van der Waals surface area contributed by atoms with Crippen LogP contribution in [0.15, 0.2) is 0 Å². The first kappa shape index (κ1) is 13.2. The van der Waals surface area contributed by atoms with E-state index in [1.807, 2.05) is 23.7 Å². The van der Waals surface area contributed by atoms with Crippen LogP contribution in [0.5, 0.6) is 0 Å². The van der Waals surface area contributed by atoms with Crippen LogP contribution in [0.4, 0.5) is 0 Å². The molecule has 1 saturated carbocycles. The van der Waals surface area contributed by atoms with Crippen LogP contribution in [-0.4, -0.2) is 73.0 Å². The molecule has 1 heterocycles. The summed E-state index contributed by atoms with van der Waals surface area (Å²) < 4.78 is 0. The van der Waals surface area contributed by atoms with E-state index in [9.17, 15) is 4.79 Å². The van der Waals surface area contributed by atoms with Gasteiger partial charge in [-0.15, -0.1) is 0 Å². The highest BCUT2D eigenvalue weighted by Crippen LogP contribution is 2.24. The standard InChI is InChI=1S/C12H23N3OS/c1-14(11-2-3-11)12(16)10-13-4-5-15-6-8-17-9-7-15/h11,13H,2-10H2,1H3. The van der Waals surface area contributed by atoms with E-state index in [2.05, 4.69) is 10.2 Å². The fourth-order valence-electron chi connectivity index (χ4n) is 2.05. The van der Waals surface area contributed by atoms with Crippen molar-refractivity contribution in [2.24, 2.45) is 0 Å². The fraction of sp³-hybridized carbons (Fsp3) is 0.917. The number of amides is 1. The van der Waals surface area contributed by atoms with E-state index in [1.165, 1.54) is 37.4 Å². The zero-order chi connectivity index (χ0) is 12.1. The van der Waals surface area contributed by atoms with Gasteiger partial charge in [-0.05, 0) is 12.8 Å². The summed E-state index contributed by atoms with van der Waals surface area (Å²) in [6.45, 7) is 4.88. The van der Waals surface area contributed by atoms with E-state index < -0.39 is 0 Å². The Labute approximate surface area is 108 Å². The van der Waals surface area contributed by atoms with E-state index in [0.717, 1.165) is 13.1 Å². The summed E-state index contributed by atoms with van der Waals surface area (Å²) in [6.07, 6.45) is 2.38. The maximum Gasteiger partial charge on any atom is 0.236 e. The molecule has 1 N–H and O–H groups in total. The Morgan fingerprint density at radius 1 is 1.41 bits per heavy atom. The molecule has 0 radical (unpaired) electrons. The first-order valence-corrected chi connectivity index (χ1v) is 7.69. The van der Waals surface area contributed by atoms with Crippen molar-refractivity contribution in [3.8, 4) is 0 Å². The highest BCUT2D eigenvalue weighted by molar-refractivity contribution is 7.99. The predicted molar refractivity (Wildman–Crippen MR) is 72.4 cm³/mol. The number of rotatable bonds is 6. The van der Waals surface area contributed by atoms with Gasteiger partial charge in [0.15, 0.2) is 0 Å². The molecule has 0 aromatic carbocycles. The van der Waals surface area contributed by atoms with Gasteiger partial charge in [0.05, 0.1) is 6.54 Å². The van der Waals surface area contributed by atoms with Gasteiger partial charge in [-0.3, -0.25) is 4.79 Å². The van der Waals surface area contributed by atoms with Crippen molar-refractivity contribution in [1.29, 1.82) is 0 Å². The number of hydrogen-bond acceptors (Lipinski definition) is 4. The van der Waals surface area contributed by atoms with Crippen LogP contribution in [0.3, 0.4) is 0 Å². The molecule has 2 fully saturated rings. The number of nitrogens with one attached hydrogen (secondary N) is 1. The maximum absolute atomic E-state index is 11.7. The summed E-state index contributed by atoms with van der Waals surface area (Å²) in [6, 6.07) is 0.531. The fourth-order valence-corrected chi connectivity index (χ4v) is 3.03. The summed E-state index contributed by atoms with van der Waals surface area (Å²) >= 11 is 2.03. The van der Waals surface area contributed by atoms with Crippen LogP contribution in [0.1, 0.15) is 12.8 Å². The van der Waals surface area contributed by atoms with Gasteiger partial charge in [0.1, 0.15) is 0 Å². The van der Waals surface area contributed by atoms with E-state index in [1.54, 1.807) is 0 Å². The molecule has 0 bridgehead atoms. The van der Waals surface area contributed by atoms with Crippen LogP contribution >= 0.6 is 11.8 Å². The minimum Gasteiger partial charge on any atom is -0.342 e. The first-order valence-electron chi connectivity index (χ1n) is 6.54. The Morgan fingerprint density at radius 3 is 2.76 bits per heavy atom. The van der Waals surface area contributed by atoms with Gasteiger partial charge in [-0.2, -0.15) is 11.8 Å². The lowest BCUT2D eigenvalue weighted by molar-refractivity contribution is -0.129. The molecule has 0 spiro atoms. The molecule has 5 heteroatoms. The molecule has 0 atom stereocenters. The Balaban J connectivity index is 1.51. The molecule has 2 rings (SSSR count). The van der Waals surface area contributed by atoms with Gasteiger partial charge < -0.3 is 15.1 Å². The number of nitrogens with zero attached hydrogens (tertiary/aromatic N) is 2. The molecule has 4 nitrogen and oxygen atoms in total. The van der Waals surface area contributed by atoms with Crippen LogP contribution in [0.25, 0.3) is 0 Å². The molecule has 1 aliphatic heterocycles. The average Bonchev–Trinajstić information content (AvgIpc) is 3.19. The maximum atomic E-state index is 11.7.